The van der Waals surface area contributed by atoms with E-state index in [0.29, 0.717) is 63.2 Å². The molecular formula is C28H36ClN3O4. The number of ether oxygens (including phenoxy) is 2. The number of likely N-dealkylation sites (tertiary alicyclic amines) is 1. The van der Waals surface area contributed by atoms with Crippen LogP contribution in [-0.4, -0.2) is 86.1 Å². The third kappa shape index (κ3) is 7.45. The van der Waals surface area contributed by atoms with Crippen LogP contribution in [0.1, 0.15) is 24.8 Å². The predicted octanol–water partition coefficient (Wildman–Crippen LogP) is 3.71. The molecule has 0 radical (unpaired) electrons. The van der Waals surface area contributed by atoms with Gasteiger partial charge in [0.25, 0.3) is 0 Å². The van der Waals surface area contributed by atoms with E-state index in [4.69, 9.17) is 21.1 Å². The summed E-state index contributed by atoms with van der Waals surface area (Å²) in [7, 11) is 1.84. The number of amides is 2. The highest BCUT2D eigenvalue weighted by atomic mass is 35.5. The Morgan fingerprint density at radius 1 is 1.08 bits per heavy atom. The Morgan fingerprint density at radius 3 is 2.61 bits per heavy atom. The maximum absolute atomic E-state index is 13.4. The lowest BCUT2D eigenvalue weighted by atomic mass is 9.77. The third-order valence-electron chi connectivity index (χ3n) is 7.03. The Labute approximate surface area is 218 Å². The lowest BCUT2D eigenvalue weighted by Gasteiger charge is -2.43. The molecule has 2 heterocycles. The van der Waals surface area contributed by atoms with Crippen LogP contribution in [0.3, 0.4) is 0 Å². The van der Waals surface area contributed by atoms with Gasteiger partial charge in [-0.05, 0) is 36.6 Å². The Kier molecular flexibility index (Phi) is 9.24. The first-order valence-corrected chi connectivity index (χ1v) is 13.0. The van der Waals surface area contributed by atoms with Crippen LogP contribution in [0.4, 0.5) is 0 Å². The molecule has 36 heavy (non-hydrogen) atoms. The van der Waals surface area contributed by atoms with Gasteiger partial charge >= 0.3 is 0 Å². The number of morpholine rings is 1. The average Bonchev–Trinajstić information content (AvgIpc) is 2.89. The van der Waals surface area contributed by atoms with Crippen LogP contribution in [0.2, 0.25) is 5.02 Å². The Balaban J connectivity index is 1.46. The highest BCUT2D eigenvalue weighted by molar-refractivity contribution is 6.30. The summed E-state index contributed by atoms with van der Waals surface area (Å²) < 4.78 is 11.6. The van der Waals surface area contributed by atoms with Gasteiger partial charge < -0.3 is 19.3 Å². The van der Waals surface area contributed by atoms with Gasteiger partial charge in [0.05, 0.1) is 26.4 Å². The van der Waals surface area contributed by atoms with E-state index in [0.717, 1.165) is 31.5 Å². The van der Waals surface area contributed by atoms with E-state index < -0.39 is 5.41 Å². The zero-order chi connectivity index (χ0) is 25.4. The first kappa shape index (κ1) is 26.5. The smallest absolute Gasteiger partial charge is 0.236 e. The fourth-order valence-electron chi connectivity index (χ4n) is 4.98. The van der Waals surface area contributed by atoms with Crippen molar-refractivity contribution in [3.8, 4) is 5.75 Å². The minimum atomic E-state index is -0.469. The van der Waals surface area contributed by atoms with E-state index >= 15 is 0 Å². The van der Waals surface area contributed by atoms with Crippen molar-refractivity contribution >= 4 is 23.4 Å². The molecule has 194 valence electrons. The first-order chi connectivity index (χ1) is 17.4. The summed E-state index contributed by atoms with van der Waals surface area (Å²) in [6.07, 6.45) is 1.97. The number of rotatable bonds is 9. The third-order valence-corrected chi connectivity index (χ3v) is 7.27. The Bertz CT molecular complexity index is 1010. The van der Waals surface area contributed by atoms with Crippen LogP contribution in [-0.2, 0) is 20.9 Å². The summed E-state index contributed by atoms with van der Waals surface area (Å²) in [6.45, 7) is 5.34. The van der Waals surface area contributed by atoms with E-state index in [1.54, 1.807) is 17.0 Å². The van der Waals surface area contributed by atoms with E-state index in [2.05, 4.69) is 4.90 Å². The van der Waals surface area contributed by atoms with Crippen molar-refractivity contribution in [3.63, 3.8) is 0 Å². The monoisotopic (exact) mass is 513 g/mol. The molecule has 0 N–H and O–H groups in total. The minimum absolute atomic E-state index is 0.0519. The van der Waals surface area contributed by atoms with Gasteiger partial charge in [-0.25, -0.2) is 0 Å². The topological polar surface area (TPSA) is 62.3 Å². The zero-order valence-corrected chi connectivity index (χ0v) is 21.8. The maximum Gasteiger partial charge on any atom is 0.236 e. The number of hydrogen-bond donors (Lipinski definition) is 0. The second-order valence-electron chi connectivity index (χ2n) is 9.97. The number of halogens is 1. The number of hydrogen-bond acceptors (Lipinski definition) is 5. The van der Waals surface area contributed by atoms with Crippen LogP contribution < -0.4 is 4.74 Å². The Hall–Kier alpha value is -2.61. The molecule has 8 heteroatoms. The number of carbonyl (C=O) groups is 2. The molecule has 0 bridgehead atoms. The molecule has 2 fully saturated rings. The van der Waals surface area contributed by atoms with Crippen molar-refractivity contribution < 1.29 is 19.1 Å². The van der Waals surface area contributed by atoms with Gasteiger partial charge in [-0.1, -0.05) is 48.0 Å². The van der Waals surface area contributed by atoms with Crippen LogP contribution in [0.25, 0.3) is 0 Å². The van der Waals surface area contributed by atoms with Crippen molar-refractivity contribution in [1.82, 2.24) is 14.7 Å². The van der Waals surface area contributed by atoms with Crippen molar-refractivity contribution in [1.29, 1.82) is 0 Å². The van der Waals surface area contributed by atoms with Crippen molar-refractivity contribution in [2.24, 2.45) is 5.41 Å². The van der Waals surface area contributed by atoms with Crippen LogP contribution in [0, 0.1) is 5.41 Å². The number of carbonyl (C=O) groups excluding carboxylic acids is 2. The lowest BCUT2D eigenvalue weighted by molar-refractivity contribution is -0.142. The molecule has 2 aliphatic rings. The number of piperidine rings is 1. The van der Waals surface area contributed by atoms with Gasteiger partial charge in [0, 0.05) is 56.6 Å². The van der Waals surface area contributed by atoms with Gasteiger partial charge in [-0.3, -0.25) is 14.5 Å². The standard InChI is InChI=1S/C28H36ClN3O4/c1-30(19-23-7-3-2-4-8-23)26(33)18-28(22-36-25-10-5-9-24(29)17-25)11-6-12-32(21-28)27(34)20-31-13-15-35-16-14-31/h2-5,7-10,17H,6,11-16,18-22H2,1H3. The minimum Gasteiger partial charge on any atom is -0.493 e. The number of nitrogens with zero attached hydrogens (tertiary/aromatic N) is 3. The van der Waals surface area contributed by atoms with E-state index in [1.807, 2.05) is 54.4 Å². The normalized spacial score (nSPS) is 20.7. The molecule has 2 saturated heterocycles. The zero-order valence-electron chi connectivity index (χ0n) is 21.0. The second kappa shape index (κ2) is 12.6. The lowest BCUT2D eigenvalue weighted by Crippen LogP contribution is -2.53. The molecule has 7 nitrogen and oxygen atoms in total. The van der Waals surface area contributed by atoms with Gasteiger partial charge in [0.15, 0.2) is 0 Å². The summed E-state index contributed by atoms with van der Waals surface area (Å²) in [6, 6.07) is 17.3. The quantitative estimate of drug-likeness (QED) is 0.511. The molecule has 2 amide bonds. The second-order valence-corrected chi connectivity index (χ2v) is 10.4. The first-order valence-electron chi connectivity index (χ1n) is 12.7. The van der Waals surface area contributed by atoms with Crippen molar-refractivity contribution in [2.75, 3.05) is 59.6 Å². The molecular weight excluding hydrogens is 478 g/mol. The highest BCUT2D eigenvalue weighted by Crippen LogP contribution is 2.35. The van der Waals surface area contributed by atoms with E-state index in [9.17, 15) is 9.59 Å². The SMILES string of the molecule is CN(Cc1ccccc1)C(=O)CC1(COc2cccc(Cl)c2)CCCN(C(=O)CN2CCOCC2)C1. The summed E-state index contributed by atoms with van der Waals surface area (Å²) in [5.41, 5.74) is 0.618. The molecule has 0 aromatic heterocycles. The van der Waals surface area contributed by atoms with Crippen LogP contribution >= 0.6 is 11.6 Å². The summed E-state index contributed by atoms with van der Waals surface area (Å²) in [4.78, 5) is 32.5. The van der Waals surface area contributed by atoms with Crippen LogP contribution in [0.5, 0.6) is 5.75 Å². The molecule has 2 aliphatic heterocycles. The number of benzene rings is 2. The average molecular weight is 514 g/mol. The van der Waals surface area contributed by atoms with Gasteiger partial charge in [0.1, 0.15) is 5.75 Å². The molecule has 1 atom stereocenters. The molecule has 0 aliphatic carbocycles. The Morgan fingerprint density at radius 2 is 1.86 bits per heavy atom. The molecule has 2 aromatic carbocycles. The van der Waals surface area contributed by atoms with Gasteiger partial charge in [-0.2, -0.15) is 0 Å². The fourth-order valence-corrected chi connectivity index (χ4v) is 5.16. The van der Waals surface area contributed by atoms with Crippen LogP contribution in [0.15, 0.2) is 54.6 Å². The highest BCUT2D eigenvalue weighted by Gasteiger charge is 2.40. The molecule has 0 saturated carbocycles. The summed E-state index contributed by atoms with van der Waals surface area (Å²) in [5, 5.41) is 0.603. The molecule has 2 aromatic rings. The molecule has 0 spiro atoms. The van der Waals surface area contributed by atoms with E-state index in [1.165, 1.54) is 0 Å². The van der Waals surface area contributed by atoms with Crippen molar-refractivity contribution in [3.05, 3.63) is 65.2 Å². The van der Waals surface area contributed by atoms with Gasteiger partial charge in [-0.15, -0.1) is 0 Å². The molecule has 4 rings (SSSR count). The van der Waals surface area contributed by atoms with E-state index in [-0.39, 0.29) is 11.8 Å². The predicted molar refractivity (Wildman–Crippen MR) is 140 cm³/mol. The van der Waals surface area contributed by atoms with Crippen molar-refractivity contribution in [2.45, 2.75) is 25.8 Å². The largest absolute Gasteiger partial charge is 0.493 e. The van der Waals surface area contributed by atoms with Gasteiger partial charge in [0.2, 0.25) is 11.8 Å². The fraction of sp³-hybridized carbons (Fsp3) is 0.500. The molecule has 1 unspecified atom stereocenters. The summed E-state index contributed by atoms with van der Waals surface area (Å²) in [5.74, 6) is 0.827. The summed E-state index contributed by atoms with van der Waals surface area (Å²) >= 11 is 6.15. The maximum atomic E-state index is 13.4.